The number of ether oxygens (including phenoxy) is 2. The van der Waals surface area contributed by atoms with Crippen molar-refractivity contribution in [3.63, 3.8) is 0 Å². The van der Waals surface area contributed by atoms with Crippen molar-refractivity contribution in [3.8, 4) is 0 Å². The van der Waals surface area contributed by atoms with E-state index in [2.05, 4.69) is 41.5 Å². The molecule has 0 aliphatic rings. The molecule has 0 rings (SSSR count). The van der Waals surface area contributed by atoms with Gasteiger partial charge in [-0.25, -0.2) is 0 Å². The second kappa shape index (κ2) is 15.0. The van der Waals surface area contributed by atoms with E-state index in [9.17, 15) is 9.59 Å². The van der Waals surface area contributed by atoms with E-state index >= 15 is 0 Å². The lowest BCUT2D eigenvalue weighted by atomic mass is 9.94. The van der Waals surface area contributed by atoms with Crippen molar-refractivity contribution in [3.05, 3.63) is 0 Å². The molecule has 0 N–H and O–H groups in total. The highest BCUT2D eigenvalue weighted by Crippen LogP contribution is 2.18. The van der Waals surface area contributed by atoms with Gasteiger partial charge in [0.15, 0.2) is 0 Å². The number of hydrogen-bond acceptors (Lipinski definition) is 4. The molecule has 0 aromatic carbocycles. The lowest BCUT2D eigenvalue weighted by Gasteiger charge is -2.17. The summed E-state index contributed by atoms with van der Waals surface area (Å²) in [5.41, 5.74) is 0. The summed E-state index contributed by atoms with van der Waals surface area (Å²) in [6.45, 7) is 13.9. The Labute approximate surface area is 161 Å². The fourth-order valence-electron chi connectivity index (χ4n) is 3.55. The van der Waals surface area contributed by atoms with Crippen molar-refractivity contribution in [2.45, 2.75) is 92.9 Å². The van der Waals surface area contributed by atoms with Gasteiger partial charge in [0, 0.05) is 0 Å². The van der Waals surface area contributed by atoms with Gasteiger partial charge in [0.25, 0.3) is 0 Å². The minimum absolute atomic E-state index is 0.108. The second-order valence-corrected chi connectivity index (χ2v) is 8.34. The van der Waals surface area contributed by atoms with Crippen LogP contribution in [0.1, 0.15) is 92.9 Å². The van der Waals surface area contributed by atoms with Crippen LogP contribution in [-0.4, -0.2) is 25.2 Å². The first-order valence-electron chi connectivity index (χ1n) is 10.6. The van der Waals surface area contributed by atoms with Crippen LogP contribution in [0.3, 0.4) is 0 Å². The van der Waals surface area contributed by atoms with Crippen LogP contribution in [0.4, 0.5) is 0 Å². The third-order valence-corrected chi connectivity index (χ3v) is 4.76. The molecule has 4 unspecified atom stereocenters. The number of carbonyl (C=O) groups is 2. The number of rotatable bonds is 15. The van der Waals surface area contributed by atoms with Crippen LogP contribution in [-0.2, 0) is 19.1 Å². The van der Waals surface area contributed by atoms with E-state index in [1.807, 2.05) is 0 Å². The summed E-state index contributed by atoms with van der Waals surface area (Å²) in [6.07, 6.45) is 7.14. The van der Waals surface area contributed by atoms with Gasteiger partial charge in [-0.05, 0) is 36.5 Å². The quantitative estimate of drug-likeness (QED) is 0.343. The molecule has 4 atom stereocenters. The molecule has 0 saturated carbocycles. The van der Waals surface area contributed by atoms with Gasteiger partial charge in [0.2, 0.25) is 0 Å². The zero-order valence-electron chi connectivity index (χ0n) is 18.0. The fraction of sp³-hybridized carbons (Fsp3) is 0.909. The molecular formula is C22H42O4. The SMILES string of the molecule is CCCC(C)CC(C)COC(=O)CCC(=O)OCC(C)CC(C)CCC. The molecule has 0 fully saturated rings. The maximum atomic E-state index is 11.8. The van der Waals surface area contributed by atoms with Crippen molar-refractivity contribution < 1.29 is 19.1 Å². The van der Waals surface area contributed by atoms with Gasteiger partial charge in [-0.1, -0.05) is 67.2 Å². The molecule has 0 heterocycles. The minimum atomic E-state index is -0.304. The standard InChI is InChI=1S/C22H42O4/c1-7-9-17(3)13-19(5)15-25-21(23)11-12-22(24)26-16-20(6)14-18(4)10-8-2/h17-20H,7-16H2,1-6H3. The molecule has 0 saturated heterocycles. The molecule has 154 valence electrons. The molecule has 0 aliphatic carbocycles. The molecular weight excluding hydrogens is 328 g/mol. The Kier molecular flexibility index (Phi) is 14.4. The molecule has 0 bridgehead atoms. The van der Waals surface area contributed by atoms with E-state index in [4.69, 9.17) is 9.47 Å². The van der Waals surface area contributed by atoms with E-state index < -0.39 is 0 Å². The number of hydrogen-bond donors (Lipinski definition) is 0. The highest BCUT2D eigenvalue weighted by Gasteiger charge is 2.14. The Bertz CT molecular complexity index is 344. The van der Waals surface area contributed by atoms with Crippen molar-refractivity contribution >= 4 is 11.9 Å². The molecule has 26 heavy (non-hydrogen) atoms. The van der Waals surface area contributed by atoms with Crippen LogP contribution in [0.5, 0.6) is 0 Å². The van der Waals surface area contributed by atoms with Crippen molar-refractivity contribution in [1.82, 2.24) is 0 Å². The van der Waals surface area contributed by atoms with Crippen LogP contribution in [0.25, 0.3) is 0 Å². The summed E-state index contributed by atoms with van der Waals surface area (Å²) in [6, 6.07) is 0. The summed E-state index contributed by atoms with van der Waals surface area (Å²) in [4.78, 5) is 23.6. The highest BCUT2D eigenvalue weighted by atomic mass is 16.5. The van der Waals surface area contributed by atoms with Crippen molar-refractivity contribution in [2.75, 3.05) is 13.2 Å². The van der Waals surface area contributed by atoms with Crippen LogP contribution >= 0.6 is 0 Å². The Morgan fingerprint density at radius 3 is 1.31 bits per heavy atom. The van der Waals surface area contributed by atoms with E-state index in [1.165, 1.54) is 25.7 Å². The predicted molar refractivity (Wildman–Crippen MR) is 107 cm³/mol. The monoisotopic (exact) mass is 370 g/mol. The molecule has 0 amide bonds. The zero-order valence-corrected chi connectivity index (χ0v) is 18.0. The maximum absolute atomic E-state index is 11.8. The Morgan fingerprint density at radius 1 is 0.654 bits per heavy atom. The zero-order chi connectivity index (χ0) is 19.9. The van der Waals surface area contributed by atoms with Crippen LogP contribution < -0.4 is 0 Å². The fourth-order valence-corrected chi connectivity index (χ4v) is 3.55. The first kappa shape index (κ1) is 24.9. The summed E-state index contributed by atoms with van der Waals surface area (Å²) in [5.74, 6) is 1.43. The largest absolute Gasteiger partial charge is 0.465 e. The number of esters is 2. The minimum Gasteiger partial charge on any atom is -0.465 e. The first-order chi connectivity index (χ1) is 12.3. The molecule has 0 aromatic heterocycles. The average molecular weight is 371 g/mol. The summed E-state index contributed by atoms with van der Waals surface area (Å²) in [7, 11) is 0. The molecule has 0 aromatic rings. The predicted octanol–water partition coefficient (Wildman–Crippen LogP) is 5.78. The molecule has 4 heteroatoms. The topological polar surface area (TPSA) is 52.6 Å². The van der Waals surface area contributed by atoms with Crippen LogP contribution in [0, 0.1) is 23.7 Å². The average Bonchev–Trinajstić information content (AvgIpc) is 2.56. The number of carbonyl (C=O) groups excluding carboxylic acids is 2. The maximum Gasteiger partial charge on any atom is 0.306 e. The lowest BCUT2D eigenvalue weighted by molar-refractivity contribution is -0.151. The summed E-state index contributed by atoms with van der Waals surface area (Å²) >= 11 is 0. The van der Waals surface area contributed by atoms with E-state index in [-0.39, 0.29) is 24.8 Å². The first-order valence-corrected chi connectivity index (χ1v) is 10.6. The summed E-state index contributed by atoms with van der Waals surface area (Å²) in [5, 5.41) is 0. The Hall–Kier alpha value is -1.06. The molecule has 0 radical (unpaired) electrons. The van der Waals surface area contributed by atoms with Gasteiger partial charge >= 0.3 is 11.9 Å². The van der Waals surface area contributed by atoms with Gasteiger partial charge in [0.05, 0.1) is 26.1 Å². The third kappa shape index (κ3) is 14.1. The smallest absolute Gasteiger partial charge is 0.306 e. The summed E-state index contributed by atoms with van der Waals surface area (Å²) < 4.78 is 10.6. The van der Waals surface area contributed by atoms with Gasteiger partial charge in [-0.15, -0.1) is 0 Å². The molecule has 4 nitrogen and oxygen atoms in total. The third-order valence-electron chi connectivity index (χ3n) is 4.76. The van der Waals surface area contributed by atoms with E-state index in [0.29, 0.717) is 36.9 Å². The highest BCUT2D eigenvalue weighted by molar-refractivity contribution is 5.77. The molecule has 0 spiro atoms. The Morgan fingerprint density at radius 2 is 1.00 bits per heavy atom. The Balaban J connectivity index is 3.83. The molecule has 0 aliphatic heterocycles. The van der Waals surface area contributed by atoms with Gasteiger partial charge in [0.1, 0.15) is 0 Å². The second-order valence-electron chi connectivity index (χ2n) is 8.34. The van der Waals surface area contributed by atoms with Gasteiger partial charge < -0.3 is 9.47 Å². The van der Waals surface area contributed by atoms with Crippen LogP contribution in [0.15, 0.2) is 0 Å². The van der Waals surface area contributed by atoms with Crippen molar-refractivity contribution in [1.29, 1.82) is 0 Å². The van der Waals surface area contributed by atoms with Crippen molar-refractivity contribution in [2.24, 2.45) is 23.7 Å². The van der Waals surface area contributed by atoms with Gasteiger partial charge in [-0.2, -0.15) is 0 Å². The van der Waals surface area contributed by atoms with Gasteiger partial charge in [-0.3, -0.25) is 9.59 Å². The lowest BCUT2D eigenvalue weighted by Crippen LogP contribution is -2.17. The van der Waals surface area contributed by atoms with E-state index in [0.717, 1.165) is 12.8 Å². The van der Waals surface area contributed by atoms with Crippen LogP contribution in [0.2, 0.25) is 0 Å². The van der Waals surface area contributed by atoms with E-state index in [1.54, 1.807) is 0 Å². The normalized spacial score (nSPS) is 15.8.